The lowest BCUT2D eigenvalue weighted by Crippen LogP contribution is -2.25. The average Bonchev–Trinajstić information content (AvgIpc) is 2.73. The molecular weight excluding hydrogens is 400 g/mol. The van der Waals surface area contributed by atoms with Gasteiger partial charge in [0.05, 0.1) is 20.3 Å². The molecule has 0 saturated heterocycles. The molecule has 3 aromatic rings. The largest absolute Gasteiger partial charge is 0.497 e. The van der Waals surface area contributed by atoms with Crippen molar-refractivity contribution in [2.45, 2.75) is 18.7 Å². The highest BCUT2D eigenvalue weighted by Crippen LogP contribution is 2.36. The van der Waals surface area contributed by atoms with Crippen molar-refractivity contribution in [3.8, 4) is 17.2 Å². The minimum Gasteiger partial charge on any atom is -0.497 e. The van der Waals surface area contributed by atoms with Crippen molar-refractivity contribution >= 4 is 0 Å². The summed E-state index contributed by atoms with van der Waals surface area (Å²) >= 11 is 0. The van der Waals surface area contributed by atoms with E-state index in [1.807, 2.05) is 0 Å². The molecule has 0 radical (unpaired) electrons. The van der Waals surface area contributed by atoms with E-state index in [0.717, 1.165) is 0 Å². The summed E-state index contributed by atoms with van der Waals surface area (Å²) in [5.41, 5.74) is 0.544. The minimum absolute atomic E-state index is 0.0255. The summed E-state index contributed by atoms with van der Waals surface area (Å²) < 4.78 is 70.5. The fourth-order valence-electron chi connectivity index (χ4n) is 2.86. The highest BCUT2D eigenvalue weighted by atomic mass is 19.4. The smallest absolute Gasteiger partial charge is 0.397 e. The van der Waals surface area contributed by atoms with Crippen LogP contribution in [-0.4, -0.2) is 19.9 Å². The Kier molecular flexibility index (Phi) is 6.95. The fourth-order valence-corrected chi connectivity index (χ4v) is 2.86. The van der Waals surface area contributed by atoms with Crippen LogP contribution in [0, 0.1) is 5.82 Å². The lowest BCUT2D eigenvalue weighted by Gasteiger charge is -2.21. The fraction of sp³-hybridized carbons (Fsp3) is 0.217. The van der Waals surface area contributed by atoms with Crippen molar-refractivity contribution in [2.75, 3.05) is 13.7 Å². The molecule has 3 aromatic carbocycles. The van der Waals surface area contributed by atoms with Gasteiger partial charge in [-0.15, -0.1) is 0 Å². The SMILES string of the molecule is COc1cccc(C(COCc2ccc(F)c(Oc3ccccc3)c2)C(F)(F)F)c1. The van der Waals surface area contributed by atoms with Gasteiger partial charge in [-0.2, -0.15) is 13.2 Å². The molecule has 158 valence electrons. The Morgan fingerprint density at radius 1 is 0.867 bits per heavy atom. The lowest BCUT2D eigenvalue weighted by molar-refractivity contribution is -0.163. The minimum atomic E-state index is -4.49. The maximum Gasteiger partial charge on any atom is 0.397 e. The standard InChI is InChI=1S/C23H20F4O3/c1-28-19-9-5-6-17(13-19)20(23(25,26)27)15-29-14-16-10-11-21(24)22(12-16)30-18-7-3-2-4-8-18/h2-13,20H,14-15H2,1H3. The third kappa shape index (κ3) is 5.73. The first-order valence-electron chi connectivity index (χ1n) is 9.16. The van der Waals surface area contributed by atoms with E-state index >= 15 is 0 Å². The number of para-hydroxylation sites is 1. The predicted octanol–water partition coefficient (Wildman–Crippen LogP) is 6.49. The van der Waals surface area contributed by atoms with Gasteiger partial charge in [-0.1, -0.05) is 36.4 Å². The third-order valence-corrected chi connectivity index (χ3v) is 4.41. The Labute approximate surface area is 171 Å². The molecule has 1 atom stereocenters. The first-order chi connectivity index (χ1) is 14.4. The number of alkyl halides is 3. The number of benzene rings is 3. The van der Waals surface area contributed by atoms with E-state index in [4.69, 9.17) is 14.2 Å². The Morgan fingerprint density at radius 3 is 2.30 bits per heavy atom. The molecule has 0 aliphatic carbocycles. The van der Waals surface area contributed by atoms with E-state index in [-0.39, 0.29) is 17.9 Å². The predicted molar refractivity (Wildman–Crippen MR) is 104 cm³/mol. The molecule has 0 aliphatic heterocycles. The summed E-state index contributed by atoms with van der Waals surface area (Å²) in [6.45, 7) is -0.703. The zero-order valence-corrected chi connectivity index (χ0v) is 16.2. The Bertz CT molecular complexity index is 958. The molecule has 7 heteroatoms. The highest BCUT2D eigenvalue weighted by Gasteiger charge is 2.41. The van der Waals surface area contributed by atoms with E-state index in [1.54, 1.807) is 36.4 Å². The molecule has 0 bridgehead atoms. The van der Waals surface area contributed by atoms with Crippen LogP contribution in [-0.2, 0) is 11.3 Å². The van der Waals surface area contributed by atoms with Crippen molar-refractivity contribution in [3.63, 3.8) is 0 Å². The van der Waals surface area contributed by atoms with Crippen LogP contribution in [0.2, 0.25) is 0 Å². The summed E-state index contributed by atoms with van der Waals surface area (Å²) in [6.07, 6.45) is -4.49. The molecule has 0 saturated carbocycles. The van der Waals surface area contributed by atoms with Gasteiger partial charge in [0, 0.05) is 0 Å². The van der Waals surface area contributed by atoms with Gasteiger partial charge in [0.15, 0.2) is 11.6 Å². The second kappa shape index (κ2) is 9.63. The molecule has 0 heterocycles. The molecule has 0 amide bonds. The Morgan fingerprint density at radius 2 is 1.60 bits per heavy atom. The summed E-state index contributed by atoms with van der Waals surface area (Å²) in [6, 6.07) is 18.5. The zero-order chi connectivity index (χ0) is 21.6. The maximum atomic E-state index is 14.0. The van der Waals surface area contributed by atoms with E-state index < -0.39 is 24.5 Å². The molecule has 30 heavy (non-hydrogen) atoms. The average molecular weight is 420 g/mol. The monoisotopic (exact) mass is 420 g/mol. The van der Waals surface area contributed by atoms with Crippen LogP contribution in [0.25, 0.3) is 0 Å². The number of hydrogen-bond acceptors (Lipinski definition) is 3. The normalized spacial score (nSPS) is 12.4. The van der Waals surface area contributed by atoms with Crippen LogP contribution in [0.15, 0.2) is 72.8 Å². The van der Waals surface area contributed by atoms with Crippen molar-refractivity contribution in [2.24, 2.45) is 0 Å². The van der Waals surface area contributed by atoms with Gasteiger partial charge in [0.1, 0.15) is 17.4 Å². The summed E-state index contributed by atoms with van der Waals surface area (Å²) in [7, 11) is 1.39. The molecule has 0 aliphatic rings. The topological polar surface area (TPSA) is 27.7 Å². The first-order valence-corrected chi connectivity index (χ1v) is 9.16. The van der Waals surface area contributed by atoms with Crippen molar-refractivity contribution in [1.29, 1.82) is 0 Å². The molecule has 0 spiro atoms. The van der Waals surface area contributed by atoms with Crippen LogP contribution >= 0.6 is 0 Å². The van der Waals surface area contributed by atoms with Gasteiger partial charge in [0.25, 0.3) is 0 Å². The summed E-state index contributed by atoms with van der Waals surface area (Å²) in [5, 5.41) is 0. The second-order valence-electron chi connectivity index (χ2n) is 6.57. The van der Waals surface area contributed by atoms with Crippen molar-refractivity contribution in [1.82, 2.24) is 0 Å². The van der Waals surface area contributed by atoms with Crippen LogP contribution in [0.5, 0.6) is 17.2 Å². The number of methoxy groups -OCH3 is 1. The highest BCUT2D eigenvalue weighted by molar-refractivity contribution is 5.35. The van der Waals surface area contributed by atoms with Gasteiger partial charge in [0.2, 0.25) is 0 Å². The van der Waals surface area contributed by atoms with Gasteiger partial charge >= 0.3 is 6.18 Å². The van der Waals surface area contributed by atoms with Gasteiger partial charge in [-0.05, 0) is 47.5 Å². The van der Waals surface area contributed by atoms with E-state index in [0.29, 0.717) is 17.1 Å². The molecular formula is C23H20F4O3. The van der Waals surface area contributed by atoms with E-state index in [1.165, 1.54) is 43.5 Å². The third-order valence-electron chi connectivity index (χ3n) is 4.41. The lowest BCUT2D eigenvalue weighted by atomic mass is 9.99. The number of hydrogen-bond donors (Lipinski definition) is 0. The molecule has 0 fully saturated rings. The van der Waals surface area contributed by atoms with Gasteiger partial charge < -0.3 is 14.2 Å². The van der Waals surface area contributed by atoms with E-state index in [9.17, 15) is 17.6 Å². The van der Waals surface area contributed by atoms with Crippen LogP contribution in [0.3, 0.4) is 0 Å². The van der Waals surface area contributed by atoms with Crippen LogP contribution in [0.4, 0.5) is 17.6 Å². The molecule has 3 nitrogen and oxygen atoms in total. The zero-order valence-electron chi connectivity index (χ0n) is 16.2. The number of rotatable bonds is 8. The van der Waals surface area contributed by atoms with Gasteiger partial charge in [-0.25, -0.2) is 4.39 Å². The van der Waals surface area contributed by atoms with Crippen LogP contribution in [0.1, 0.15) is 17.0 Å². The molecule has 1 unspecified atom stereocenters. The van der Waals surface area contributed by atoms with Crippen LogP contribution < -0.4 is 9.47 Å². The van der Waals surface area contributed by atoms with Crippen molar-refractivity contribution < 1.29 is 31.8 Å². The Balaban J connectivity index is 1.68. The number of halogens is 4. The molecule has 0 aromatic heterocycles. The molecule has 0 N–H and O–H groups in total. The first kappa shape index (κ1) is 21.6. The second-order valence-corrected chi connectivity index (χ2v) is 6.57. The van der Waals surface area contributed by atoms with Gasteiger partial charge in [-0.3, -0.25) is 0 Å². The maximum absolute atomic E-state index is 14.0. The number of ether oxygens (including phenoxy) is 3. The summed E-state index contributed by atoms with van der Waals surface area (Å²) in [5.74, 6) is -1.63. The quantitative estimate of drug-likeness (QED) is 0.390. The Hall–Kier alpha value is -3.06. The van der Waals surface area contributed by atoms with E-state index in [2.05, 4.69) is 0 Å². The molecule has 3 rings (SSSR count). The van der Waals surface area contributed by atoms with Crippen molar-refractivity contribution in [3.05, 3.63) is 89.7 Å². The summed E-state index contributed by atoms with van der Waals surface area (Å²) in [4.78, 5) is 0.